The molecule has 1 unspecified atom stereocenters. The minimum absolute atomic E-state index is 0.0417. The molecule has 9 nitrogen and oxygen atoms in total. The zero-order valence-corrected chi connectivity index (χ0v) is 9.29. The van der Waals surface area contributed by atoms with E-state index in [9.17, 15) is 9.59 Å². The maximum atomic E-state index is 11.2. The lowest BCUT2D eigenvalue weighted by molar-refractivity contribution is -0.159. The number of hydrogen-bond donors (Lipinski definition) is 3. The molecule has 0 radical (unpaired) electrons. The first-order valence-electron chi connectivity index (χ1n) is 5.06. The van der Waals surface area contributed by atoms with E-state index >= 15 is 0 Å². The van der Waals surface area contributed by atoms with Gasteiger partial charge in [0.25, 0.3) is 0 Å². The van der Waals surface area contributed by atoms with Crippen molar-refractivity contribution in [1.82, 2.24) is 10.2 Å². The number of urea groups is 1. The molecular weight excluding hydrogens is 248 g/mol. The number of nitrogens with zero attached hydrogens (tertiary/aromatic N) is 1. The first-order valence-corrected chi connectivity index (χ1v) is 5.06. The van der Waals surface area contributed by atoms with Gasteiger partial charge >= 0.3 is 18.0 Å². The highest BCUT2D eigenvalue weighted by molar-refractivity contribution is 6.27. The molecule has 0 saturated carbocycles. The summed E-state index contributed by atoms with van der Waals surface area (Å²) in [5, 5.41) is 17.1. The predicted octanol–water partition coefficient (Wildman–Crippen LogP) is -1.52. The van der Waals surface area contributed by atoms with Crippen LogP contribution >= 0.6 is 0 Å². The number of carbonyl (C=O) groups is 4. The third-order valence-electron chi connectivity index (χ3n) is 2.34. The molecule has 2 rings (SSSR count). The van der Waals surface area contributed by atoms with E-state index in [0.29, 0.717) is 26.2 Å². The number of aliphatic carboxylic acids is 2. The van der Waals surface area contributed by atoms with Gasteiger partial charge in [-0.05, 0) is 0 Å². The molecule has 3 N–H and O–H groups in total. The van der Waals surface area contributed by atoms with Gasteiger partial charge in [0.15, 0.2) is 0 Å². The highest BCUT2D eigenvalue weighted by atomic mass is 16.5. The number of fused-ring (bicyclic) bond motifs is 1. The first-order chi connectivity index (χ1) is 8.41. The van der Waals surface area contributed by atoms with Gasteiger partial charge in [0.05, 0.1) is 19.3 Å². The van der Waals surface area contributed by atoms with Gasteiger partial charge in [0.2, 0.25) is 5.91 Å². The number of carboxylic acid groups (broad SMARTS) is 2. The lowest BCUT2D eigenvalue weighted by atomic mass is 10.1. The normalized spacial score (nSPS) is 22.2. The van der Waals surface area contributed by atoms with E-state index in [1.165, 1.54) is 0 Å². The standard InChI is InChI=1S/C7H10N2O3.C2H2O4/c10-6-3-5-4-12-2-1-9(5)7(11)8-6;3-1(4)2(5)6/h5H,1-4H2,(H,8,10,11);(H,3,4)(H,5,6). The number of nitrogens with one attached hydrogen (secondary N) is 1. The van der Waals surface area contributed by atoms with E-state index in [1.54, 1.807) is 4.90 Å². The minimum atomic E-state index is -1.82. The summed E-state index contributed by atoms with van der Waals surface area (Å²) in [6.07, 6.45) is 0.367. The maximum absolute atomic E-state index is 11.2. The van der Waals surface area contributed by atoms with Gasteiger partial charge < -0.3 is 19.8 Å². The number of carboxylic acids is 2. The van der Waals surface area contributed by atoms with Crippen LogP contribution < -0.4 is 5.32 Å². The van der Waals surface area contributed by atoms with Crippen molar-refractivity contribution in [2.45, 2.75) is 12.5 Å². The Hall–Kier alpha value is -2.16. The van der Waals surface area contributed by atoms with Crippen LogP contribution in [0.5, 0.6) is 0 Å². The summed E-state index contributed by atoms with van der Waals surface area (Å²) in [4.78, 5) is 41.9. The van der Waals surface area contributed by atoms with E-state index in [4.69, 9.17) is 24.5 Å². The van der Waals surface area contributed by atoms with Crippen molar-refractivity contribution in [2.75, 3.05) is 19.8 Å². The SMILES string of the molecule is O=C(O)C(=O)O.O=C1CC2COCCN2C(=O)N1. The van der Waals surface area contributed by atoms with Crippen LogP contribution in [0.4, 0.5) is 4.79 Å². The van der Waals surface area contributed by atoms with Crippen LogP contribution in [-0.4, -0.2) is 64.8 Å². The third kappa shape index (κ3) is 3.70. The number of rotatable bonds is 0. The number of morpholine rings is 1. The maximum Gasteiger partial charge on any atom is 0.414 e. The van der Waals surface area contributed by atoms with Gasteiger partial charge in [-0.1, -0.05) is 0 Å². The second kappa shape index (κ2) is 5.96. The molecule has 0 aromatic rings. The third-order valence-corrected chi connectivity index (χ3v) is 2.34. The van der Waals surface area contributed by atoms with Gasteiger partial charge in [-0.3, -0.25) is 10.1 Å². The summed E-state index contributed by atoms with van der Waals surface area (Å²) in [5.74, 6) is -3.85. The Morgan fingerprint density at radius 3 is 2.44 bits per heavy atom. The summed E-state index contributed by atoms with van der Waals surface area (Å²) in [7, 11) is 0. The molecule has 2 saturated heterocycles. The Labute approximate surface area is 101 Å². The summed E-state index contributed by atoms with van der Waals surface area (Å²) in [5.41, 5.74) is 0. The van der Waals surface area contributed by atoms with Gasteiger partial charge in [0.1, 0.15) is 0 Å². The zero-order valence-electron chi connectivity index (χ0n) is 9.29. The predicted molar refractivity (Wildman–Crippen MR) is 54.7 cm³/mol. The molecule has 0 aromatic heterocycles. The van der Waals surface area contributed by atoms with E-state index in [0.717, 1.165) is 0 Å². The molecule has 2 aliphatic heterocycles. The molecule has 2 aliphatic rings. The first kappa shape index (κ1) is 13.9. The lowest BCUT2D eigenvalue weighted by Gasteiger charge is -2.38. The number of carbonyl (C=O) groups excluding carboxylic acids is 2. The Kier molecular flexibility index (Phi) is 4.60. The van der Waals surface area contributed by atoms with Crippen LogP contribution in [-0.2, 0) is 19.1 Å². The Bertz CT molecular complexity index is 369. The number of ether oxygens (including phenoxy) is 1. The zero-order chi connectivity index (χ0) is 13.7. The largest absolute Gasteiger partial charge is 0.473 e. The van der Waals surface area contributed by atoms with Crippen molar-refractivity contribution in [2.24, 2.45) is 0 Å². The van der Waals surface area contributed by atoms with Crippen molar-refractivity contribution >= 4 is 23.9 Å². The molecule has 9 heteroatoms. The van der Waals surface area contributed by atoms with Crippen LogP contribution in [0.1, 0.15) is 6.42 Å². The van der Waals surface area contributed by atoms with E-state index in [-0.39, 0.29) is 18.0 Å². The molecule has 2 heterocycles. The highest BCUT2D eigenvalue weighted by Crippen LogP contribution is 2.14. The molecule has 2 fully saturated rings. The van der Waals surface area contributed by atoms with Gasteiger partial charge in [0, 0.05) is 13.0 Å². The fourth-order valence-electron chi connectivity index (χ4n) is 1.55. The number of amides is 3. The van der Waals surface area contributed by atoms with E-state index in [1.807, 2.05) is 0 Å². The molecule has 0 bridgehead atoms. The molecule has 3 amide bonds. The Morgan fingerprint density at radius 2 is 1.89 bits per heavy atom. The number of hydrogen-bond acceptors (Lipinski definition) is 5. The van der Waals surface area contributed by atoms with Gasteiger partial charge in [-0.15, -0.1) is 0 Å². The molecule has 100 valence electrons. The molecule has 18 heavy (non-hydrogen) atoms. The van der Waals surface area contributed by atoms with Gasteiger partial charge in [-0.25, -0.2) is 14.4 Å². The van der Waals surface area contributed by atoms with Gasteiger partial charge in [-0.2, -0.15) is 0 Å². The Morgan fingerprint density at radius 1 is 1.28 bits per heavy atom. The summed E-state index contributed by atoms with van der Waals surface area (Å²) in [6.45, 7) is 1.64. The summed E-state index contributed by atoms with van der Waals surface area (Å²) < 4.78 is 5.16. The summed E-state index contributed by atoms with van der Waals surface area (Å²) in [6, 6.07) is -0.320. The van der Waals surface area contributed by atoms with Crippen molar-refractivity contribution in [3.63, 3.8) is 0 Å². The topological polar surface area (TPSA) is 133 Å². The smallest absolute Gasteiger partial charge is 0.414 e. The molecular formula is C9H12N2O7. The average molecular weight is 260 g/mol. The van der Waals surface area contributed by atoms with Crippen LogP contribution in [0.2, 0.25) is 0 Å². The minimum Gasteiger partial charge on any atom is -0.473 e. The second-order valence-electron chi connectivity index (χ2n) is 3.59. The average Bonchev–Trinajstić information content (AvgIpc) is 2.29. The molecule has 0 aliphatic carbocycles. The van der Waals surface area contributed by atoms with Crippen molar-refractivity contribution in [3.8, 4) is 0 Å². The Balaban J connectivity index is 0.000000232. The fraction of sp³-hybridized carbons (Fsp3) is 0.556. The highest BCUT2D eigenvalue weighted by Gasteiger charge is 2.34. The number of imide groups is 1. The van der Waals surface area contributed by atoms with Crippen molar-refractivity contribution < 1.29 is 34.1 Å². The van der Waals surface area contributed by atoms with E-state index in [2.05, 4.69) is 5.32 Å². The fourth-order valence-corrected chi connectivity index (χ4v) is 1.55. The molecule has 0 aromatic carbocycles. The van der Waals surface area contributed by atoms with Crippen LogP contribution in [0, 0.1) is 0 Å². The monoisotopic (exact) mass is 260 g/mol. The van der Waals surface area contributed by atoms with E-state index < -0.39 is 11.9 Å². The second-order valence-corrected chi connectivity index (χ2v) is 3.59. The van der Waals surface area contributed by atoms with Crippen LogP contribution in [0.25, 0.3) is 0 Å². The quantitative estimate of drug-likeness (QED) is 0.450. The molecule has 1 atom stereocenters. The summed E-state index contributed by atoms with van der Waals surface area (Å²) >= 11 is 0. The van der Waals surface area contributed by atoms with Crippen LogP contribution in [0.15, 0.2) is 0 Å². The lowest BCUT2D eigenvalue weighted by Crippen LogP contribution is -2.59. The van der Waals surface area contributed by atoms with Crippen molar-refractivity contribution in [3.05, 3.63) is 0 Å². The molecule has 0 spiro atoms. The van der Waals surface area contributed by atoms with Crippen molar-refractivity contribution in [1.29, 1.82) is 0 Å². The van der Waals surface area contributed by atoms with Crippen LogP contribution in [0.3, 0.4) is 0 Å².